The summed E-state index contributed by atoms with van der Waals surface area (Å²) in [5.74, 6) is 0.821. The van der Waals surface area contributed by atoms with Crippen LogP contribution in [0.5, 0.6) is 0 Å². The van der Waals surface area contributed by atoms with Gasteiger partial charge in [-0.1, -0.05) is 0 Å². The molecule has 1 aromatic heterocycles. The highest BCUT2D eigenvalue weighted by molar-refractivity contribution is 7.88. The molecule has 0 saturated carbocycles. The molecular weight excluding hydrogens is 348 g/mol. The van der Waals surface area contributed by atoms with Gasteiger partial charge in [0.2, 0.25) is 10.0 Å². The van der Waals surface area contributed by atoms with Crippen LogP contribution >= 0.6 is 11.3 Å². The number of hydrogen-bond donors (Lipinski definition) is 1. The number of rotatable bonds is 4. The van der Waals surface area contributed by atoms with E-state index in [0.29, 0.717) is 25.6 Å². The van der Waals surface area contributed by atoms with Crippen LogP contribution in [-0.4, -0.2) is 80.6 Å². The number of aliphatic imine (C=N–C) groups is 1. The number of aromatic nitrogens is 1. The van der Waals surface area contributed by atoms with Crippen LogP contribution in [0, 0.1) is 5.92 Å². The molecule has 2 fully saturated rings. The van der Waals surface area contributed by atoms with Crippen molar-refractivity contribution in [2.75, 3.05) is 57.0 Å². The van der Waals surface area contributed by atoms with Gasteiger partial charge in [-0.3, -0.25) is 4.99 Å². The predicted octanol–water partition coefficient (Wildman–Crippen LogP) is -0.139. The first-order valence-electron chi connectivity index (χ1n) is 8.08. The van der Waals surface area contributed by atoms with Gasteiger partial charge in [0.25, 0.3) is 0 Å². The van der Waals surface area contributed by atoms with E-state index >= 15 is 0 Å². The minimum absolute atomic E-state index is 0.259. The molecule has 2 aliphatic heterocycles. The van der Waals surface area contributed by atoms with Gasteiger partial charge in [0.1, 0.15) is 0 Å². The maximum atomic E-state index is 11.5. The molecule has 24 heavy (non-hydrogen) atoms. The molecule has 0 spiro atoms. The van der Waals surface area contributed by atoms with Crippen LogP contribution in [0.2, 0.25) is 0 Å². The quantitative estimate of drug-likeness (QED) is 0.584. The van der Waals surface area contributed by atoms with Crippen LogP contribution in [0.1, 0.15) is 6.42 Å². The zero-order valence-corrected chi connectivity index (χ0v) is 15.5. The van der Waals surface area contributed by atoms with Gasteiger partial charge in [-0.2, -0.15) is 0 Å². The summed E-state index contributed by atoms with van der Waals surface area (Å²) in [5.41, 5.74) is 6.12. The molecule has 3 heterocycles. The summed E-state index contributed by atoms with van der Waals surface area (Å²) in [4.78, 5) is 13.2. The van der Waals surface area contributed by atoms with Crippen molar-refractivity contribution < 1.29 is 8.42 Å². The first-order valence-corrected chi connectivity index (χ1v) is 10.8. The van der Waals surface area contributed by atoms with Crippen molar-refractivity contribution >= 4 is 32.5 Å². The van der Waals surface area contributed by atoms with E-state index in [9.17, 15) is 8.42 Å². The molecule has 1 unspecified atom stereocenters. The highest BCUT2D eigenvalue weighted by atomic mass is 32.2. The Morgan fingerprint density at radius 2 is 2.12 bits per heavy atom. The lowest BCUT2D eigenvalue weighted by atomic mass is 10.1. The van der Waals surface area contributed by atoms with Crippen LogP contribution < -0.4 is 10.6 Å². The largest absolute Gasteiger partial charge is 0.370 e. The summed E-state index contributed by atoms with van der Waals surface area (Å²) in [6.07, 6.45) is 3.93. The van der Waals surface area contributed by atoms with E-state index in [1.54, 1.807) is 11.3 Å². The minimum atomic E-state index is -3.09. The van der Waals surface area contributed by atoms with E-state index < -0.39 is 10.0 Å². The summed E-state index contributed by atoms with van der Waals surface area (Å²) in [5, 5.41) is 3.04. The van der Waals surface area contributed by atoms with E-state index in [1.807, 2.05) is 11.6 Å². The third-order valence-electron chi connectivity index (χ3n) is 4.52. The molecule has 0 aliphatic carbocycles. The number of nitrogens with two attached hydrogens (primary N) is 1. The van der Waals surface area contributed by atoms with Gasteiger partial charge in [-0.25, -0.2) is 17.7 Å². The molecular formula is C14H24N6O2S2. The SMILES string of the molecule is CS(=O)(=O)N1CCC(CN=C(N)N2CCN(c3nccs3)CC2)C1. The third kappa shape index (κ3) is 4.17. The predicted molar refractivity (Wildman–Crippen MR) is 96.9 cm³/mol. The molecule has 134 valence electrons. The molecule has 0 aromatic carbocycles. The number of piperazine rings is 1. The van der Waals surface area contributed by atoms with Crippen LogP contribution in [0.3, 0.4) is 0 Å². The number of guanidine groups is 1. The zero-order valence-electron chi connectivity index (χ0n) is 13.8. The topological polar surface area (TPSA) is 95.1 Å². The maximum Gasteiger partial charge on any atom is 0.211 e. The normalized spacial score (nSPS) is 23.9. The van der Waals surface area contributed by atoms with E-state index in [0.717, 1.165) is 37.7 Å². The van der Waals surface area contributed by atoms with Gasteiger partial charge in [-0.05, 0) is 12.3 Å². The first kappa shape index (κ1) is 17.4. The van der Waals surface area contributed by atoms with Crippen molar-refractivity contribution in [1.29, 1.82) is 0 Å². The molecule has 2 N–H and O–H groups in total. The van der Waals surface area contributed by atoms with Crippen LogP contribution in [0.4, 0.5) is 5.13 Å². The number of sulfonamides is 1. The molecule has 1 atom stereocenters. The summed E-state index contributed by atoms with van der Waals surface area (Å²) >= 11 is 1.65. The number of hydrogen-bond acceptors (Lipinski definition) is 6. The second-order valence-electron chi connectivity index (χ2n) is 6.26. The summed E-state index contributed by atoms with van der Waals surface area (Å²) in [6, 6.07) is 0. The third-order valence-corrected chi connectivity index (χ3v) is 6.62. The molecule has 0 bridgehead atoms. The number of nitrogens with zero attached hydrogens (tertiary/aromatic N) is 5. The van der Waals surface area contributed by atoms with Gasteiger partial charge in [-0.15, -0.1) is 11.3 Å². The lowest BCUT2D eigenvalue weighted by Gasteiger charge is -2.35. The lowest BCUT2D eigenvalue weighted by Crippen LogP contribution is -2.51. The molecule has 8 nitrogen and oxygen atoms in total. The van der Waals surface area contributed by atoms with Crippen LogP contribution in [0.25, 0.3) is 0 Å². The van der Waals surface area contributed by atoms with Crippen LogP contribution in [0.15, 0.2) is 16.6 Å². The fourth-order valence-electron chi connectivity index (χ4n) is 3.07. The standard InChI is InChI=1S/C14H24N6O2S2/c1-24(21,22)20-4-2-12(11-20)10-17-13(15)18-5-7-19(8-6-18)14-16-3-9-23-14/h3,9,12H,2,4-8,10-11H2,1H3,(H2,15,17). The number of thiazole rings is 1. The molecule has 10 heteroatoms. The van der Waals surface area contributed by atoms with Gasteiger partial charge in [0, 0.05) is 57.4 Å². The van der Waals surface area contributed by atoms with Crippen molar-refractivity contribution in [3.8, 4) is 0 Å². The summed E-state index contributed by atoms with van der Waals surface area (Å²) in [7, 11) is -3.09. The Bertz CT molecular complexity index is 667. The first-order chi connectivity index (χ1) is 11.4. The Balaban J connectivity index is 1.47. The van der Waals surface area contributed by atoms with Gasteiger partial charge in [0.05, 0.1) is 6.26 Å². The fraction of sp³-hybridized carbons (Fsp3) is 0.714. The second kappa shape index (κ2) is 7.24. The van der Waals surface area contributed by atoms with E-state index in [2.05, 4.69) is 19.8 Å². The lowest BCUT2D eigenvalue weighted by molar-refractivity contribution is 0.379. The molecule has 0 radical (unpaired) electrons. The van der Waals surface area contributed by atoms with Crippen LogP contribution in [-0.2, 0) is 10.0 Å². The highest BCUT2D eigenvalue weighted by Gasteiger charge is 2.28. The van der Waals surface area contributed by atoms with Crippen molar-refractivity contribution in [2.24, 2.45) is 16.6 Å². The van der Waals surface area contributed by atoms with Gasteiger partial charge >= 0.3 is 0 Å². The highest BCUT2D eigenvalue weighted by Crippen LogP contribution is 2.20. The molecule has 2 aliphatic rings. The summed E-state index contributed by atoms with van der Waals surface area (Å²) in [6.45, 7) is 5.15. The minimum Gasteiger partial charge on any atom is -0.370 e. The second-order valence-corrected chi connectivity index (χ2v) is 9.12. The zero-order chi connectivity index (χ0) is 17.2. The average Bonchev–Trinajstić information content (AvgIpc) is 3.23. The van der Waals surface area contributed by atoms with Gasteiger partial charge in [0.15, 0.2) is 11.1 Å². The van der Waals surface area contributed by atoms with Crippen molar-refractivity contribution in [2.45, 2.75) is 6.42 Å². The van der Waals surface area contributed by atoms with Crippen molar-refractivity contribution in [3.63, 3.8) is 0 Å². The van der Waals surface area contributed by atoms with E-state index in [-0.39, 0.29) is 5.92 Å². The Hall–Kier alpha value is -1.39. The molecule has 2 saturated heterocycles. The average molecular weight is 373 g/mol. The monoisotopic (exact) mass is 372 g/mol. The van der Waals surface area contributed by atoms with E-state index in [4.69, 9.17) is 5.73 Å². The maximum absolute atomic E-state index is 11.5. The summed E-state index contributed by atoms with van der Waals surface area (Å²) < 4.78 is 24.6. The molecule has 1 aromatic rings. The fourth-order valence-corrected chi connectivity index (χ4v) is 4.68. The Labute approximate surface area is 147 Å². The number of anilines is 1. The smallest absolute Gasteiger partial charge is 0.211 e. The van der Waals surface area contributed by atoms with E-state index in [1.165, 1.54) is 10.6 Å². The molecule has 0 amide bonds. The molecule has 3 rings (SSSR count). The Morgan fingerprint density at radius 3 is 2.71 bits per heavy atom. The van der Waals surface area contributed by atoms with Gasteiger partial charge < -0.3 is 15.5 Å². The van der Waals surface area contributed by atoms with Crippen molar-refractivity contribution in [1.82, 2.24) is 14.2 Å². The Morgan fingerprint density at radius 1 is 1.38 bits per heavy atom. The Kier molecular flexibility index (Phi) is 5.26. The van der Waals surface area contributed by atoms with Crippen molar-refractivity contribution in [3.05, 3.63) is 11.6 Å².